The van der Waals surface area contributed by atoms with Crippen molar-refractivity contribution in [3.63, 3.8) is 0 Å². The van der Waals surface area contributed by atoms with Crippen LogP contribution in [0.5, 0.6) is 0 Å². The van der Waals surface area contributed by atoms with Crippen molar-refractivity contribution < 1.29 is 0 Å². The van der Waals surface area contributed by atoms with Crippen LogP contribution in [0.3, 0.4) is 0 Å². The quantitative estimate of drug-likeness (QED) is 0.743. The molecule has 0 aliphatic heterocycles. The maximum absolute atomic E-state index is 7.77. The Balaban J connectivity index is 3.07. The van der Waals surface area contributed by atoms with Crippen molar-refractivity contribution in [3.8, 4) is 0 Å². The van der Waals surface area contributed by atoms with Crippen molar-refractivity contribution >= 4 is 35.1 Å². The van der Waals surface area contributed by atoms with Crippen molar-refractivity contribution in [3.05, 3.63) is 33.8 Å². The lowest BCUT2D eigenvalue weighted by Crippen LogP contribution is -2.12. The Kier molecular flexibility index (Phi) is 3.67. The number of halogens is 2. The van der Waals surface area contributed by atoms with Gasteiger partial charge in [0.25, 0.3) is 0 Å². The number of rotatable bonds is 3. The summed E-state index contributed by atoms with van der Waals surface area (Å²) in [4.78, 5) is 0. The molecular formula is C10H10Cl2N2. The molecule has 0 amide bonds. The molecule has 0 spiro atoms. The van der Waals surface area contributed by atoms with Crippen LogP contribution in [0.1, 0.15) is 12.5 Å². The van der Waals surface area contributed by atoms with E-state index in [4.69, 9.17) is 34.0 Å². The molecule has 0 saturated carbocycles. The van der Waals surface area contributed by atoms with Gasteiger partial charge in [-0.2, -0.15) is 0 Å². The summed E-state index contributed by atoms with van der Waals surface area (Å²) in [6.07, 6.45) is 1.22. The fraction of sp³-hybridized carbons (Fsp3) is 0.200. The van der Waals surface area contributed by atoms with E-state index in [0.717, 1.165) is 0 Å². The summed E-state index contributed by atoms with van der Waals surface area (Å²) in [7, 11) is 0. The molecule has 2 N–H and O–H groups in total. The highest BCUT2D eigenvalue weighted by Crippen LogP contribution is 2.22. The zero-order valence-electron chi connectivity index (χ0n) is 7.64. The summed E-state index contributed by atoms with van der Waals surface area (Å²) >= 11 is 11.7. The lowest BCUT2D eigenvalue weighted by atomic mass is 9.99. The Hall–Kier alpha value is -0.860. The first-order valence-electron chi connectivity index (χ1n) is 4.10. The molecule has 1 unspecified atom stereocenters. The summed E-state index contributed by atoms with van der Waals surface area (Å²) in [5, 5.41) is 15.8. The average Bonchev–Trinajstić information content (AvgIpc) is 2.15. The molecule has 4 heteroatoms. The number of benzene rings is 1. The van der Waals surface area contributed by atoms with Gasteiger partial charge in [0, 0.05) is 28.4 Å². The zero-order valence-corrected chi connectivity index (χ0v) is 9.15. The van der Waals surface area contributed by atoms with E-state index < -0.39 is 0 Å². The summed E-state index contributed by atoms with van der Waals surface area (Å²) in [5.41, 5.74) is 0.966. The highest BCUT2D eigenvalue weighted by Gasteiger charge is 2.11. The third-order valence-corrected chi connectivity index (χ3v) is 2.47. The normalized spacial score (nSPS) is 12.2. The van der Waals surface area contributed by atoms with E-state index in [1.54, 1.807) is 25.1 Å². The molecule has 0 aromatic heterocycles. The average molecular weight is 229 g/mol. The summed E-state index contributed by atoms with van der Waals surface area (Å²) in [6, 6.07) is 4.99. The SMILES string of the molecule is CC(C=N)C(=N)c1ccc(Cl)cc1Cl. The van der Waals surface area contributed by atoms with E-state index in [2.05, 4.69) is 0 Å². The highest BCUT2D eigenvalue weighted by molar-refractivity contribution is 6.37. The third kappa shape index (κ3) is 2.34. The van der Waals surface area contributed by atoms with Gasteiger partial charge >= 0.3 is 0 Å². The van der Waals surface area contributed by atoms with Crippen molar-refractivity contribution in [1.82, 2.24) is 0 Å². The number of hydrogen-bond acceptors (Lipinski definition) is 2. The second-order valence-electron chi connectivity index (χ2n) is 2.99. The molecule has 74 valence electrons. The number of hydrogen-bond donors (Lipinski definition) is 2. The first kappa shape index (κ1) is 11.2. The molecule has 0 radical (unpaired) electrons. The van der Waals surface area contributed by atoms with Gasteiger partial charge in [0.2, 0.25) is 0 Å². The van der Waals surface area contributed by atoms with Crippen LogP contribution in [-0.4, -0.2) is 11.9 Å². The Labute approximate surface area is 92.9 Å². The predicted octanol–water partition coefficient (Wildman–Crippen LogP) is 3.65. The van der Waals surface area contributed by atoms with Crippen molar-refractivity contribution in [2.75, 3.05) is 0 Å². The van der Waals surface area contributed by atoms with E-state index in [9.17, 15) is 0 Å². The van der Waals surface area contributed by atoms with Gasteiger partial charge in [-0.1, -0.05) is 36.2 Å². The van der Waals surface area contributed by atoms with Gasteiger partial charge in [-0.25, -0.2) is 0 Å². The first-order valence-corrected chi connectivity index (χ1v) is 4.86. The lowest BCUT2D eigenvalue weighted by molar-refractivity contribution is 1.06. The molecule has 1 rings (SSSR count). The van der Waals surface area contributed by atoms with Gasteiger partial charge < -0.3 is 10.8 Å². The van der Waals surface area contributed by atoms with Gasteiger partial charge in [-0.05, 0) is 12.1 Å². The summed E-state index contributed by atoms with van der Waals surface area (Å²) in [5.74, 6) is -0.228. The molecule has 0 aliphatic carbocycles. The highest BCUT2D eigenvalue weighted by atomic mass is 35.5. The maximum Gasteiger partial charge on any atom is 0.0511 e. The second kappa shape index (κ2) is 4.58. The van der Waals surface area contributed by atoms with Crippen LogP contribution in [0.25, 0.3) is 0 Å². The third-order valence-electron chi connectivity index (χ3n) is 1.93. The van der Waals surface area contributed by atoms with E-state index in [1.807, 2.05) is 0 Å². The van der Waals surface area contributed by atoms with E-state index >= 15 is 0 Å². The fourth-order valence-corrected chi connectivity index (χ4v) is 1.55. The van der Waals surface area contributed by atoms with Gasteiger partial charge in [-0.3, -0.25) is 0 Å². The predicted molar refractivity (Wildman–Crippen MR) is 61.2 cm³/mol. The second-order valence-corrected chi connectivity index (χ2v) is 3.84. The molecule has 0 fully saturated rings. The van der Waals surface area contributed by atoms with Crippen LogP contribution in [0.4, 0.5) is 0 Å². The van der Waals surface area contributed by atoms with Gasteiger partial charge in [-0.15, -0.1) is 0 Å². The van der Waals surface area contributed by atoms with Crippen LogP contribution >= 0.6 is 23.2 Å². The molecule has 14 heavy (non-hydrogen) atoms. The van der Waals surface area contributed by atoms with E-state index in [0.29, 0.717) is 21.3 Å². The lowest BCUT2D eigenvalue weighted by Gasteiger charge is -2.09. The Bertz CT molecular complexity index is 374. The van der Waals surface area contributed by atoms with Crippen LogP contribution in [0.2, 0.25) is 10.0 Å². The fourth-order valence-electron chi connectivity index (χ4n) is 1.04. The minimum absolute atomic E-state index is 0.228. The maximum atomic E-state index is 7.77. The van der Waals surface area contributed by atoms with E-state index in [1.165, 1.54) is 6.21 Å². The topological polar surface area (TPSA) is 47.7 Å². The van der Waals surface area contributed by atoms with Crippen LogP contribution in [-0.2, 0) is 0 Å². The number of nitrogens with one attached hydrogen (secondary N) is 2. The van der Waals surface area contributed by atoms with Crippen LogP contribution in [0, 0.1) is 16.7 Å². The van der Waals surface area contributed by atoms with Gasteiger partial charge in [0.15, 0.2) is 0 Å². The molecule has 1 atom stereocenters. The molecule has 0 aliphatic rings. The Morgan fingerprint density at radius 1 is 1.43 bits per heavy atom. The van der Waals surface area contributed by atoms with Gasteiger partial charge in [0.05, 0.1) is 5.02 Å². The minimum Gasteiger partial charge on any atom is -0.312 e. The monoisotopic (exact) mass is 228 g/mol. The van der Waals surface area contributed by atoms with Crippen LogP contribution < -0.4 is 0 Å². The van der Waals surface area contributed by atoms with Crippen molar-refractivity contribution in [2.24, 2.45) is 5.92 Å². The van der Waals surface area contributed by atoms with Crippen LogP contribution in [0.15, 0.2) is 18.2 Å². The molecule has 0 saturated heterocycles. The van der Waals surface area contributed by atoms with E-state index in [-0.39, 0.29) is 5.92 Å². The smallest absolute Gasteiger partial charge is 0.0511 e. The van der Waals surface area contributed by atoms with Gasteiger partial charge in [0.1, 0.15) is 0 Å². The molecular weight excluding hydrogens is 219 g/mol. The standard InChI is InChI=1S/C10H10Cl2N2/c1-6(5-13)10(14)8-3-2-7(11)4-9(8)12/h2-6,13-14H,1H3. The largest absolute Gasteiger partial charge is 0.312 e. The Morgan fingerprint density at radius 3 is 2.57 bits per heavy atom. The molecule has 1 aromatic carbocycles. The van der Waals surface area contributed by atoms with Crippen molar-refractivity contribution in [1.29, 1.82) is 10.8 Å². The minimum atomic E-state index is -0.228. The van der Waals surface area contributed by atoms with Crippen molar-refractivity contribution in [2.45, 2.75) is 6.92 Å². The molecule has 1 aromatic rings. The molecule has 0 bridgehead atoms. The first-order chi connectivity index (χ1) is 6.56. The summed E-state index contributed by atoms with van der Waals surface area (Å²) in [6.45, 7) is 1.78. The zero-order chi connectivity index (χ0) is 10.7. The Morgan fingerprint density at radius 2 is 2.07 bits per heavy atom. The summed E-state index contributed by atoms with van der Waals surface area (Å²) < 4.78 is 0. The molecule has 0 heterocycles. The molecule has 2 nitrogen and oxygen atoms in total.